The Morgan fingerprint density at radius 1 is 0.228 bits per heavy atom. The third-order valence-corrected chi connectivity index (χ3v) is 11.9. The molecule has 1 nitrogen and oxygen atoms in total. The Morgan fingerprint density at radius 3 is 0.737 bits per heavy atom. The first-order valence-corrected chi connectivity index (χ1v) is 19.8. The maximum Gasteiger partial charge on any atom is 0.0701 e. The predicted octanol–water partition coefficient (Wildman–Crippen LogP) is 13.5. The van der Waals surface area contributed by atoms with Gasteiger partial charge in [-0.15, -0.1) is 0 Å². The van der Waals surface area contributed by atoms with Gasteiger partial charge in [-0.3, -0.25) is 0 Å². The molecule has 0 N–H and O–H groups in total. The molecular formula is C56H41N. The largest absolute Gasteiger partial charge is 0.309 e. The van der Waals surface area contributed by atoms with Gasteiger partial charge in [-0.2, -0.15) is 0 Å². The first-order chi connectivity index (χ1) is 28.3. The van der Waals surface area contributed by atoms with Crippen molar-refractivity contribution >= 4 is 21.8 Å². The summed E-state index contributed by atoms with van der Waals surface area (Å²) < 4.78 is 2.43. The lowest BCUT2D eigenvalue weighted by molar-refractivity contribution is 0.746. The van der Waals surface area contributed by atoms with Gasteiger partial charge < -0.3 is 4.57 Å². The van der Waals surface area contributed by atoms with E-state index in [9.17, 15) is 0 Å². The van der Waals surface area contributed by atoms with Crippen LogP contribution in [0.3, 0.4) is 0 Å². The lowest BCUT2D eigenvalue weighted by Gasteiger charge is -2.37. The van der Waals surface area contributed by atoms with Gasteiger partial charge in [0.1, 0.15) is 0 Å². The molecule has 1 heteroatoms. The second-order valence-electron chi connectivity index (χ2n) is 14.8. The number of aromatic nitrogens is 1. The van der Waals surface area contributed by atoms with E-state index in [0.29, 0.717) is 0 Å². The summed E-state index contributed by atoms with van der Waals surface area (Å²) in [6.45, 7) is 0. The van der Waals surface area contributed by atoms with Crippen molar-refractivity contribution in [2.75, 3.05) is 0 Å². The van der Waals surface area contributed by atoms with Crippen LogP contribution < -0.4 is 0 Å². The fourth-order valence-corrected chi connectivity index (χ4v) is 9.47. The van der Waals surface area contributed by atoms with Gasteiger partial charge in [-0.25, -0.2) is 0 Å². The number of hydrogen-bond acceptors (Lipinski definition) is 0. The number of fused-ring (bicyclic) bond motifs is 3. The first kappa shape index (κ1) is 34.3. The standard InChI is InChI=1S/C56H41N/c1-8-22-42(23-9-1)55(43-24-10-2-11-25-43,44-26-12-3-13-27-44)48-36-38-53-51(40-48)52-41-49(37-39-54(52)57(53)50-34-20-7-21-35-50)56(45-28-14-4-15-29-45,46-30-16-5-17-31-46)47-32-18-6-19-33-47/h1-41H. The number of para-hydroxylation sites is 1. The third kappa shape index (κ3) is 5.54. The van der Waals surface area contributed by atoms with Crippen molar-refractivity contribution < 1.29 is 0 Å². The highest BCUT2D eigenvalue weighted by molar-refractivity contribution is 6.10. The molecule has 0 aliphatic heterocycles. The molecular weight excluding hydrogens is 687 g/mol. The van der Waals surface area contributed by atoms with Crippen LogP contribution in [0.4, 0.5) is 0 Å². The molecule has 0 saturated heterocycles. The van der Waals surface area contributed by atoms with E-state index in [-0.39, 0.29) is 0 Å². The van der Waals surface area contributed by atoms with E-state index in [1.165, 1.54) is 66.3 Å². The van der Waals surface area contributed by atoms with Crippen LogP contribution >= 0.6 is 0 Å². The zero-order valence-electron chi connectivity index (χ0n) is 31.6. The summed E-state index contributed by atoms with van der Waals surface area (Å²) in [5, 5.41) is 2.42. The number of nitrogens with zero attached hydrogens (tertiary/aromatic N) is 1. The number of hydrogen-bond donors (Lipinski definition) is 0. The summed E-state index contributed by atoms with van der Waals surface area (Å²) in [6.07, 6.45) is 0. The maximum atomic E-state index is 2.48. The minimum absolute atomic E-state index is 0.571. The summed E-state index contributed by atoms with van der Waals surface area (Å²) in [5.74, 6) is 0. The monoisotopic (exact) mass is 727 g/mol. The molecule has 1 aromatic heterocycles. The van der Waals surface area contributed by atoms with Gasteiger partial charge in [0.25, 0.3) is 0 Å². The average Bonchev–Trinajstić information content (AvgIpc) is 3.63. The van der Waals surface area contributed by atoms with E-state index in [1.54, 1.807) is 0 Å². The molecule has 0 spiro atoms. The van der Waals surface area contributed by atoms with E-state index < -0.39 is 10.8 Å². The molecule has 10 aromatic rings. The quantitative estimate of drug-likeness (QED) is 0.131. The van der Waals surface area contributed by atoms with E-state index in [4.69, 9.17) is 0 Å². The highest BCUT2D eigenvalue weighted by Gasteiger charge is 2.40. The normalized spacial score (nSPS) is 11.9. The van der Waals surface area contributed by atoms with Gasteiger partial charge in [0.15, 0.2) is 0 Å². The van der Waals surface area contributed by atoms with Crippen LogP contribution in [0, 0.1) is 0 Å². The van der Waals surface area contributed by atoms with Crippen LogP contribution in [0.2, 0.25) is 0 Å². The Balaban J connectivity index is 1.34. The second-order valence-corrected chi connectivity index (χ2v) is 14.8. The van der Waals surface area contributed by atoms with Gasteiger partial charge in [-0.1, -0.05) is 212 Å². The molecule has 10 rings (SSSR count). The van der Waals surface area contributed by atoms with Crippen molar-refractivity contribution in [1.82, 2.24) is 4.57 Å². The lowest BCUT2D eigenvalue weighted by Crippen LogP contribution is -2.31. The summed E-state index contributed by atoms with van der Waals surface area (Å²) in [7, 11) is 0. The van der Waals surface area contributed by atoms with Crippen molar-refractivity contribution in [3.63, 3.8) is 0 Å². The van der Waals surface area contributed by atoms with Crippen LogP contribution in [0.1, 0.15) is 44.5 Å². The van der Waals surface area contributed by atoms with Crippen LogP contribution in [-0.2, 0) is 10.8 Å². The summed E-state index contributed by atoms with van der Waals surface area (Å²) in [5.41, 5.74) is 12.1. The maximum absolute atomic E-state index is 2.48. The molecule has 0 atom stereocenters. The molecule has 0 radical (unpaired) electrons. The Bertz CT molecular complexity index is 2520. The van der Waals surface area contributed by atoms with Gasteiger partial charge in [-0.05, 0) is 80.9 Å². The fourth-order valence-electron chi connectivity index (χ4n) is 9.47. The third-order valence-electron chi connectivity index (χ3n) is 11.9. The van der Waals surface area contributed by atoms with Gasteiger partial charge in [0.05, 0.1) is 21.9 Å². The lowest BCUT2D eigenvalue weighted by atomic mass is 9.64. The van der Waals surface area contributed by atoms with Crippen molar-refractivity contribution in [1.29, 1.82) is 0 Å². The number of benzene rings is 9. The Kier molecular flexibility index (Phi) is 8.69. The molecule has 0 amide bonds. The number of rotatable bonds is 9. The van der Waals surface area contributed by atoms with Crippen molar-refractivity contribution in [3.8, 4) is 5.69 Å². The Labute approximate surface area is 334 Å². The van der Waals surface area contributed by atoms with Crippen molar-refractivity contribution in [2.24, 2.45) is 0 Å². The zero-order chi connectivity index (χ0) is 38.1. The SMILES string of the molecule is c1ccc(-n2c3ccc(C(c4ccccc4)(c4ccccc4)c4ccccc4)cc3c3cc(C(c4ccccc4)(c4ccccc4)c4ccccc4)ccc32)cc1. The fraction of sp³-hybridized carbons (Fsp3) is 0.0357. The molecule has 0 aliphatic carbocycles. The van der Waals surface area contributed by atoms with Crippen molar-refractivity contribution in [3.05, 3.63) is 293 Å². The van der Waals surface area contributed by atoms with Crippen LogP contribution in [0.25, 0.3) is 27.5 Å². The second kappa shape index (κ2) is 14.5. The van der Waals surface area contributed by atoms with Crippen molar-refractivity contribution in [2.45, 2.75) is 10.8 Å². The Morgan fingerprint density at radius 2 is 0.474 bits per heavy atom. The van der Waals surface area contributed by atoms with Gasteiger partial charge in [0, 0.05) is 16.5 Å². The topological polar surface area (TPSA) is 4.93 Å². The Hall–Kier alpha value is -7.22. The highest BCUT2D eigenvalue weighted by atomic mass is 15.0. The predicted molar refractivity (Wildman–Crippen MR) is 237 cm³/mol. The van der Waals surface area contributed by atoms with E-state index in [1.807, 2.05) is 0 Å². The minimum Gasteiger partial charge on any atom is -0.309 e. The molecule has 270 valence electrons. The summed E-state index contributed by atoms with van der Waals surface area (Å²) >= 11 is 0. The van der Waals surface area contributed by atoms with E-state index in [2.05, 4.69) is 253 Å². The zero-order valence-corrected chi connectivity index (χ0v) is 31.6. The smallest absolute Gasteiger partial charge is 0.0701 e. The van der Waals surface area contributed by atoms with Crippen LogP contribution in [0.5, 0.6) is 0 Å². The minimum atomic E-state index is -0.571. The van der Waals surface area contributed by atoms with Crippen LogP contribution in [0.15, 0.2) is 249 Å². The van der Waals surface area contributed by atoms with Gasteiger partial charge in [0.2, 0.25) is 0 Å². The molecule has 0 fully saturated rings. The molecule has 9 aromatic carbocycles. The van der Waals surface area contributed by atoms with Gasteiger partial charge >= 0.3 is 0 Å². The first-order valence-electron chi connectivity index (χ1n) is 19.8. The average molecular weight is 728 g/mol. The van der Waals surface area contributed by atoms with E-state index in [0.717, 1.165) is 5.69 Å². The molecule has 0 bridgehead atoms. The molecule has 0 aliphatic rings. The summed E-state index contributed by atoms with van der Waals surface area (Å²) in [4.78, 5) is 0. The molecule has 0 unspecified atom stereocenters. The van der Waals surface area contributed by atoms with Crippen LogP contribution in [-0.4, -0.2) is 4.57 Å². The summed E-state index contributed by atoms with van der Waals surface area (Å²) in [6, 6.07) is 91.2. The molecule has 0 saturated carbocycles. The van der Waals surface area contributed by atoms with E-state index >= 15 is 0 Å². The molecule has 57 heavy (non-hydrogen) atoms. The molecule has 1 heterocycles. The highest BCUT2D eigenvalue weighted by Crippen LogP contribution is 2.49.